The molecule has 1 amide bonds. The van der Waals surface area contributed by atoms with Gasteiger partial charge in [-0.1, -0.05) is 0 Å². The third kappa shape index (κ3) is 6.51. The van der Waals surface area contributed by atoms with Gasteiger partial charge in [0.15, 0.2) is 0 Å². The maximum absolute atomic E-state index is 14.3. The number of carbonyl (C=O) groups excluding carboxylic acids is 1. The van der Waals surface area contributed by atoms with Gasteiger partial charge >= 0.3 is 6.18 Å². The van der Waals surface area contributed by atoms with E-state index in [9.17, 15) is 43.9 Å². The minimum Gasteiger partial charge on any atom is -0.371 e. The fraction of sp³-hybridized carbons (Fsp3) is 0.520. The highest BCUT2D eigenvalue weighted by molar-refractivity contribution is 7.89. The fourth-order valence-corrected chi connectivity index (χ4v) is 6.55. The molecule has 2 aromatic rings. The first-order valence-electron chi connectivity index (χ1n) is 12.5. The van der Waals surface area contributed by atoms with E-state index in [-0.39, 0.29) is 48.8 Å². The number of pyridine rings is 1. The van der Waals surface area contributed by atoms with E-state index in [2.05, 4.69) is 10.3 Å². The standard InChI is InChI=1S/C25H27F7N4O3S/c1-24(28,29)20-13-33-18(11-21(20)35-8-6-15(7-9-35)25(30,31)32)12-34-23(37)22-10-17(27)14-36(22)40(38,39)19-4-2-16(26)3-5-19/h2-5,11,13,15,17,22H,6-10,12,14H2,1H3,(H,34,37)/t17-,22+/m1/s1. The Morgan fingerprint density at radius 1 is 1.10 bits per heavy atom. The summed E-state index contributed by atoms with van der Waals surface area (Å²) in [5.74, 6) is -6.42. The molecule has 1 aromatic carbocycles. The third-order valence-electron chi connectivity index (χ3n) is 7.08. The molecule has 2 aliphatic heterocycles. The van der Waals surface area contributed by atoms with E-state index in [1.165, 1.54) is 11.0 Å². The van der Waals surface area contributed by atoms with E-state index in [1.54, 1.807) is 0 Å². The predicted molar refractivity (Wildman–Crippen MR) is 130 cm³/mol. The Hall–Kier alpha value is -2.94. The van der Waals surface area contributed by atoms with Crippen molar-refractivity contribution in [2.24, 2.45) is 5.92 Å². The van der Waals surface area contributed by atoms with Gasteiger partial charge in [-0.05, 0) is 43.2 Å². The number of carbonyl (C=O) groups is 1. The average molecular weight is 597 g/mol. The number of halogens is 7. The van der Waals surface area contributed by atoms with Crippen LogP contribution in [0, 0.1) is 11.7 Å². The van der Waals surface area contributed by atoms with Gasteiger partial charge in [0.1, 0.15) is 18.0 Å². The van der Waals surface area contributed by atoms with Crippen molar-refractivity contribution in [3.8, 4) is 0 Å². The second-order valence-electron chi connectivity index (χ2n) is 9.98. The number of alkyl halides is 6. The van der Waals surface area contributed by atoms with E-state index in [4.69, 9.17) is 0 Å². The van der Waals surface area contributed by atoms with Gasteiger partial charge in [0.25, 0.3) is 5.92 Å². The maximum Gasteiger partial charge on any atom is 0.391 e. The molecule has 0 unspecified atom stereocenters. The number of piperidine rings is 1. The van der Waals surface area contributed by atoms with Gasteiger partial charge in [0, 0.05) is 44.9 Å². The Balaban J connectivity index is 1.50. The molecular formula is C25H27F7N4O3S. The number of aromatic nitrogens is 1. The van der Waals surface area contributed by atoms with Crippen LogP contribution in [0.15, 0.2) is 41.4 Å². The van der Waals surface area contributed by atoms with Gasteiger partial charge in [-0.3, -0.25) is 9.78 Å². The summed E-state index contributed by atoms with van der Waals surface area (Å²) >= 11 is 0. The van der Waals surface area contributed by atoms with Gasteiger partial charge in [-0.25, -0.2) is 26.0 Å². The quantitative estimate of drug-likeness (QED) is 0.476. The first kappa shape index (κ1) is 30.0. The van der Waals surface area contributed by atoms with Gasteiger partial charge in [-0.15, -0.1) is 0 Å². The number of rotatable bonds is 7. The van der Waals surface area contributed by atoms with Crippen LogP contribution in [0.2, 0.25) is 0 Å². The Bertz CT molecular complexity index is 1330. The largest absolute Gasteiger partial charge is 0.391 e. The molecule has 2 atom stereocenters. The Morgan fingerprint density at radius 3 is 2.30 bits per heavy atom. The summed E-state index contributed by atoms with van der Waals surface area (Å²) in [6.45, 7) is -0.508. The second-order valence-corrected chi connectivity index (χ2v) is 11.9. The molecule has 3 heterocycles. The van der Waals surface area contributed by atoms with Crippen LogP contribution in [-0.2, 0) is 27.3 Å². The third-order valence-corrected chi connectivity index (χ3v) is 8.97. The van der Waals surface area contributed by atoms with Crippen molar-refractivity contribution < 1.29 is 43.9 Å². The molecule has 1 N–H and O–H groups in total. The zero-order valence-electron chi connectivity index (χ0n) is 21.3. The summed E-state index contributed by atoms with van der Waals surface area (Å²) < 4.78 is 122. The number of hydrogen-bond donors (Lipinski definition) is 1. The lowest BCUT2D eigenvalue weighted by atomic mass is 9.95. The van der Waals surface area contributed by atoms with E-state index < -0.39 is 70.5 Å². The minimum absolute atomic E-state index is 0.0161. The van der Waals surface area contributed by atoms with Crippen LogP contribution < -0.4 is 10.2 Å². The SMILES string of the molecule is CC(F)(F)c1cnc(CNC(=O)[C@@H]2C[C@@H](F)CN2S(=O)(=O)c2ccc(F)cc2)cc1N1CCC(C(F)(F)F)CC1. The van der Waals surface area contributed by atoms with Crippen LogP contribution in [0.4, 0.5) is 36.4 Å². The van der Waals surface area contributed by atoms with Crippen LogP contribution >= 0.6 is 0 Å². The van der Waals surface area contributed by atoms with Gasteiger partial charge in [0.2, 0.25) is 15.9 Å². The molecular weight excluding hydrogens is 569 g/mol. The lowest BCUT2D eigenvalue weighted by Gasteiger charge is -2.36. The minimum atomic E-state index is -4.38. The first-order chi connectivity index (χ1) is 18.6. The molecule has 0 aliphatic carbocycles. The summed E-state index contributed by atoms with van der Waals surface area (Å²) in [6.07, 6.45) is -6.09. The number of nitrogens with zero attached hydrogens (tertiary/aromatic N) is 3. The summed E-state index contributed by atoms with van der Waals surface area (Å²) in [5.41, 5.74) is -0.407. The molecule has 1 aromatic heterocycles. The zero-order chi connectivity index (χ0) is 29.5. The van der Waals surface area contributed by atoms with Crippen molar-refractivity contribution in [2.45, 2.75) is 61.9 Å². The Morgan fingerprint density at radius 2 is 1.73 bits per heavy atom. The van der Waals surface area contributed by atoms with Crippen LogP contribution in [0.3, 0.4) is 0 Å². The summed E-state index contributed by atoms with van der Waals surface area (Å²) in [7, 11) is -4.34. The lowest BCUT2D eigenvalue weighted by Crippen LogP contribution is -2.45. The predicted octanol–water partition coefficient (Wildman–Crippen LogP) is 4.53. The van der Waals surface area contributed by atoms with Crippen LogP contribution in [0.5, 0.6) is 0 Å². The molecule has 2 fully saturated rings. The van der Waals surface area contributed by atoms with Crippen molar-refractivity contribution in [3.63, 3.8) is 0 Å². The van der Waals surface area contributed by atoms with E-state index in [1.807, 2.05) is 0 Å². The van der Waals surface area contributed by atoms with Crippen molar-refractivity contribution in [1.82, 2.24) is 14.6 Å². The summed E-state index contributed by atoms with van der Waals surface area (Å²) in [5, 5.41) is 2.45. The molecule has 4 rings (SSSR count). The van der Waals surface area contributed by atoms with Crippen LogP contribution in [-0.4, -0.2) is 61.6 Å². The topological polar surface area (TPSA) is 82.6 Å². The first-order valence-corrected chi connectivity index (χ1v) is 13.9. The van der Waals surface area contributed by atoms with Gasteiger partial charge in [-0.2, -0.15) is 17.5 Å². The smallest absolute Gasteiger partial charge is 0.371 e. The molecule has 0 radical (unpaired) electrons. The van der Waals surface area contributed by atoms with Crippen molar-refractivity contribution in [1.29, 1.82) is 0 Å². The normalized spacial score (nSPS) is 21.6. The average Bonchev–Trinajstić information content (AvgIpc) is 3.29. The summed E-state index contributed by atoms with van der Waals surface area (Å²) in [4.78, 5) is 18.0. The molecule has 0 bridgehead atoms. The van der Waals surface area contributed by atoms with E-state index in [0.717, 1.165) is 30.5 Å². The molecule has 15 heteroatoms. The zero-order valence-corrected chi connectivity index (χ0v) is 22.1. The molecule has 0 spiro atoms. The van der Waals surface area contributed by atoms with E-state index >= 15 is 0 Å². The van der Waals surface area contributed by atoms with Crippen molar-refractivity contribution >= 4 is 21.6 Å². The van der Waals surface area contributed by atoms with Crippen molar-refractivity contribution in [3.05, 3.63) is 53.6 Å². The fourth-order valence-electron chi connectivity index (χ4n) is 4.93. The highest BCUT2D eigenvalue weighted by Gasteiger charge is 2.45. The number of anilines is 1. The monoisotopic (exact) mass is 596 g/mol. The second kappa shape index (κ2) is 11.1. The number of nitrogens with one attached hydrogen (secondary N) is 1. The van der Waals surface area contributed by atoms with Crippen molar-refractivity contribution in [2.75, 3.05) is 24.5 Å². The molecule has 7 nitrogen and oxygen atoms in total. The van der Waals surface area contributed by atoms with Crippen LogP contribution in [0.1, 0.15) is 37.4 Å². The van der Waals surface area contributed by atoms with Crippen LogP contribution in [0.25, 0.3) is 0 Å². The van der Waals surface area contributed by atoms with E-state index in [0.29, 0.717) is 11.2 Å². The number of sulfonamides is 1. The molecule has 2 saturated heterocycles. The molecule has 40 heavy (non-hydrogen) atoms. The number of hydrogen-bond acceptors (Lipinski definition) is 5. The summed E-state index contributed by atoms with van der Waals surface area (Å²) in [6, 6.07) is 3.66. The van der Waals surface area contributed by atoms with Gasteiger partial charge < -0.3 is 10.2 Å². The van der Waals surface area contributed by atoms with Gasteiger partial charge in [0.05, 0.1) is 28.6 Å². The maximum atomic E-state index is 14.3. The Kier molecular flexibility index (Phi) is 8.37. The number of benzene rings is 1. The molecule has 2 aliphatic rings. The molecule has 220 valence electrons. The highest BCUT2D eigenvalue weighted by Crippen LogP contribution is 2.39. The lowest BCUT2D eigenvalue weighted by molar-refractivity contribution is -0.179. The highest BCUT2D eigenvalue weighted by atomic mass is 32.2. The number of amides is 1. The molecule has 0 saturated carbocycles. The Labute approximate surface area is 226 Å².